The lowest BCUT2D eigenvalue weighted by Gasteiger charge is -2.18. The van der Waals surface area contributed by atoms with Gasteiger partial charge in [-0.15, -0.1) is 6.58 Å². The van der Waals surface area contributed by atoms with E-state index in [-0.39, 0.29) is 25.6 Å². The zero-order chi connectivity index (χ0) is 15.0. The molecule has 1 aromatic rings. The van der Waals surface area contributed by atoms with Crippen molar-refractivity contribution < 1.29 is 18.7 Å². The third-order valence-corrected chi connectivity index (χ3v) is 2.58. The van der Waals surface area contributed by atoms with Crippen LogP contribution in [-0.4, -0.2) is 42.2 Å². The van der Waals surface area contributed by atoms with E-state index in [0.29, 0.717) is 18.7 Å². The molecular weight excluding hydrogens is 266 g/mol. The molecule has 1 amide bonds. The number of nitrogens with zero attached hydrogens (tertiary/aromatic N) is 1. The topological polar surface area (TPSA) is 52.6 Å². The van der Waals surface area contributed by atoms with Crippen LogP contribution in [0.25, 0.3) is 0 Å². The van der Waals surface area contributed by atoms with E-state index in [2.05, 4.69) is 11.9 Å². The summed E-state index contributed by atoms with van der Waals surface area (Å²) in [7, 11) is 0. The zero-order valence-electron chi connectivity index (χ0n) is 11.1. The number of nitrogens with one attached hydrogen (secondary N) is 1. The number of amides is 1. The van der Waals surface area contributed by atoms with Crippen molar-refractivity contribution in [2.24, 2.45) is 0 Å². The Hall–Kier alpha value is -1.79. The molecule has 0 aromatic heterocycles. The average Bonchev–Trinajstić information content (AvgIpc) is 2.36. The Kier molecular flexibility index (Phi) is 6.83. The molecule has 0 fully saturated rings. The molecule has 110 valence electrons. The summed E-state index contributed by atoms with van der Waals surface area (Å²) in [5, 5.41) is 11.4. The second kappa shape index (κ2) is 8.39. The number of benzene rings is 1. The normalized spacial score (nSPS) is 10.6. The Bertz CT molecular complexity index is 446. The summed E-state index contributed by atoms with van der Waals surface area (Å²) in [5.41, 5.74) is 0.355. The number of aliphatic hydroxyl groups excluding tert-OH is 1. The molecule has 0 unspecified atom stereocenters. The quantitative estimate of drug-likeness (QED) is 0.702. The highest BCUT2D eigenvalue weighted by atomic mass is 19.1. The molecule has 0 atom stereocenters. The van der Waals surface area contributed by atoms with Crippen LogP contribution in [-0.2, 0) is 11.3 Å². The van der Waals surface area contributed by atoms with E-state index in [9.17, 15) is 13.6 Å². The zero-order valence-corrected chi connectivity index (χ0v) is 11.1. The highest BCUT2D eigenvalue weighted by Gasteiger charge is 2.09. The van der Waals surface area contributed by atoms with Crippen LogP contribution >= 0.6 is 0 Å². The lowest BCUT2D eigenvalue weighted by atomic mass is 10.2. The van der Waals surface area contributed by atoms with Crippen molar-refractivity contribution in [2.45, 2.75) is 6.54 Å². The summed E-state index contributed by atoms with van der Waals surface area (Å²) in [6.07, 6.45) is 1.63. The molecule has 1 aromatic carbocycles. The molecule has 6 heteroatoms. The smallest absolute Gasteiger partial charge is 0.234 e. The van der Waals surface area contributed by atoms with Crippen LogP contribution in [0.2, 0.25) is 0 Å². The molecule has 2 N–H and O–H groups in total. The Morgan fingerprint density at radius 3 is 2.55 bits per heavy atom. The molecule has 0 bridgehead atoms. The predicted molar refractivity (Wildman–Crippen MR) is 71.9 cm³/mol. The van der Waals surface area contributed by atoms with Gasteiger partial charge in [0, 0.05) is 25.7 Å². The van der Waals surface area contributed by atoms with Crippen LogP contribution in [0, 0.1) is 11.6 Å². The number of hydrogen-bond donors (Lipinski definition) is 2. The van der Waals surface area contributed by atoms with Crippen LogP contribution in [0.4, 0.5) is 8.78 Å². The third kappa shape index (κ3) is 5.90. The van der Waals surface area contributed by atoms with Crippen LogP contribution < -0.4 is 5.32 Å². The minimum Gasteiger partial charge on any atom is -0.395 e. The van der Waals surface area contributed by atoms with Gasteiger partial charge in [0.05, 0.1) is 13.2 Å². The van der Waals surface area contributed by atoms with Gasteiger partial charge >= 0.3 is 0 Å². The standard InChI is InChI=1S/C14H18F2N2O2/c1-2-3-18(4-5-19)10-14(20)17-9-11-6-12(15)8-13(16)7-11/h2,6-8,19H,1,3-5,9-10H2,(H,17,20). The highest BCUT2D eigenvalue weighted by Crippen LogP contribution is 2.07. The van der Waals surface area contributed by atoms with Crippen molar-refractivity contribution in [3.8, 4) is 0 Å². The van der Waals surface area contributed by atoms with Crippen molar-refractivity contribution in [1.82, 2.24) is 10.2 Å². The summed E-state index contributed by atoms with van der Waals surface area (Å²) in [6.45, 7) is 4.47. The van der Waals surface area contributed by atoms with Gasteiger partial charge in [-0.3, -0.25) is 9.69 Å². The van der Waals surface area contributed by atoms with Gasteiger partial charge in [-0.25, -0.2) is 8.78 Å². The van der Waals surface area contributed by atoms with Gasteiger partial charge in [-0.2, -0.15) is 0 Å². The summed E-state index contributed by atoms with van der Waals surface area (Å²) in [6, 6.07) is 3.11. The van der Waals surface area contributed by atoms with E-state index in [1.807, 2.05) is 0 Å². The molecule has 0 radical (unpaired) electrons. The van der Waals surface area contributed by atoms with Crippen molar-refractivity contribution in [3.05, 3.63) is 48.1 Å². The highest BCUT2D eigenvalue weighted by molar-refractivity contribution is 5.78. The lowest BCUT2D eigenvalue weighted by molar-refractivity contribution is -0.122. The second-order valence-electron chi connectivity index (χ2n) is 4.30. The van der Waals surface area contributed by atoms with Crippen molar-refractivity contribution in [3.63, 3.8) is 0 Å². The van der Waals surface area contributed by atoms with E-state index in [4.69, 9.17) is 5.11 Å². The van der Waals surface area contributed by atoms with Gasteiger partial charge in [0.2, 0.25) is 5.91 Å². The first-order valence-corrected chi connectivity index (χ1v) is 6.21. The maximum Gasteiger partial charge on any atom is 0.234 e. The van der Waals surface area contributed by atoms with Crippen LogP contribution in [0.1, 0.15) is 5.56 Å². The van der Waals surface area contributed by atoms with Gasteiger partial charge in [-0.1, -0.05) is 6.08 Å². The fourth-order valence-corrected chi connectivity index (χ4v) is 1.73. The first-order valence-electron chi connectivity index (χ1n) is 6.21. The minimum absolute atomic E-state index is 0.0502. The number of halogens is 2. The van der Waals surface area contributed by atoms with Gasteiger partial charge in [-0.05, 0) is 17.7 Å². The van der Waals surface area contributed by atoms with Crippen molar-refractivity contribution in [1.29, 1.82) is 0 Å². The largest absolute Gasteiger partial charge is 0.395 e. The molecule has 0 heterocycles. The number of hydrogen-bond acceptors (Lipinski definition) is 3. The maximum atomic E-state index is 13.0. The predicted octanol–water partition coefficient (Wildman–Crippen LogP) is 1.06. The third-order valence-electron chi connectivity index (χ3n) is 2.58. The average molecular weight is 284 g/mol. The van der Waals surface area contributed by atoms with Crippen LogP contribution in [0.5, 0.6) is 0 Å². The summed E-state index contributed by atoms with van der Waals surface area (Å²) in [5.74, 6) is -1.64. The number of aliphatic hydroxyl groups is 1. The molecule has 4 nitrogen and oxygen atoms in total. The molecule has 0 aliphatic carbocycles. The van der Waals surface area contributed by atoms with Gasteiger partial charge < -0.3 is 10.4 Å². The number of carbonyl (C=O) groups excluding carboxylic acids is 1. The van der Waals surface area contributed by atoms with Crippen molar-refractivity contribution in [2.75, 3.05) is 26.2 Å². The van der Waals surface area contributed by atoms with E-state index in [1.165, 1.54) is 12.1 Å². The second-order valence-corrected chi connectivity index (χ2v) is 4.30. The van der Waals surface area contributed by atoms with Crippen LogP contribution in [0.15, 0.2) is 30.9 Å². The molecule has 0 spiro atoms. The Morgan fingerprint density at radius 2 is 2.00 bits per heavy atom. The first-order chi connectivity index (χ1) is 9.55. The Labute approximate surface area is 116 Å². The van der Waals surface area contributed by atoms with Gasteiger partial charge in [0.25, 0.3) is 0 Å². The molecular formula is C14H18F2N2O2. The molecule has 0 aliphatic rings. The fourth-order valence-electron chi connectivity index (χ4n) is 1.73. The monoisotopic (exact) mass is 284 g/mol. The van der Waals surface area contributed by atoms with Crippen molar-refractivity contribution >= 4 is 5.91 Å². The number of carbonyl (C=O) groups is 1. The first kappa shape index (κ1) is 16.3. The maximum absolute atomic E-state index is 13.0. The minimum atomic E-state index is -0.678. The molecule has 0 aliphatic heterocycles. The lowest BCUT2D eigenvalue weighted by Crippen LogP contribution is -2.38. The molecule has 0 saturated heterocycles. The van der Waals surface area contributed by atoms with E-state index < -0.39 is 11.6 Å². The molecule has 0 saturated carbocycles. The summed E-state index contributed by atoms with van der Waals surface area (Å²) in [4.78, 5) is 13.4. The van der Waals surface area contributed by atoms with Crippen LogP contribution in [0.3, 0.4) is 0 Å². The van der Waals surface area contributed by atoms with Gasteiger partial charge in [0.15, 0.2) is 0 Å². The summed E-state index contributed by atoms with van der Waals surface area (Å²) >= 11 is 0. The van der Waals surface area contributed by atoms with Gasteiger partial charge in [0.1, 0.15) is 11.6 Å². The molecule has 20 heavy (non-hydrogen) atoms. The van der Waals surface area contributed by atoms with E-state index >= 15 is 0 Å². The SMILES string of the molecule is C=CCN(CCO)CC(=O)NCc1cc(F)cc(F)c1. The van der Waals surface area contributed by atoms with E-state index in [1.54, 1.807) is 11.0 Å². The Morgan fingerprint density at radius 1 is 1.35 bits per heavy atom. The molecule has 1 rings (SSSR count). The van der Waals surface area contributed by atoms with E-state index in [0.717, 1.165) is 6.07 Å². The Balaban J connectivity index is 2.47. The fraction of sp³-hybridized carbons (Fsp3) is 0.357. The summed E-state index contributed by atoms with van der Waals surface area (Å²) < 4.78 is 25.9. The number of rotatable bonds is 8.